The third-order valence-electron chi connectivity index (χ3n) is 4.88. The van der Waals surface area contributed by atoms with Gasteiger partial charge in [0.05, 0.1) is 27.7 Å². The Morgan fingerprint density at radius 3 is 2.69 bits per heavy atom. The van der Waals surface area contributed by atoms with Crippen molar-refractivity contribution >= 4 is 34.4 Å². The number of rotatable bonds is 6. The van der Waals surface area contributed by atoms with E-state index in [1.165, 1.54) is 24.3 Å². The quantitative estimate of drug-likeness (QED) is 0.202. The molecule has 2 aromatic carbocycles. The summed E-state index contributed by atoms with van der Waals surface area (Å²) in [6.07, 6.45) is 1.43. The van der Waals surface area contributed by atoms with Gasteiger partial charge in [0.2, 0.25) is 0 Å². The van der Waals surface area contributed by atoms with Crippen molar-refractivity contribution in [2.45, 2.75) is 0 Å². The van der Waals surface area contributed by atoms with E-state index in [9.17, 15) is 24.8 Å². The number of para-hydroxylation sites is 2. The number of nitrogens with one attached hydrogen (secondary N) is 1. The van der Waals surface area contributed by atoms with Crippen LogP contribution >= 0.6 is 0 Å². The molecule has 9 nitrogen and oxygen atoms in total. The maximum Gasteiger partial charge on any atom is 0.338 e. The monoisotopic (exact) mass is 428 g/mol. The third-order valence-corrected chi connectivity index (χ3v) is 4.88. The number of carbonyl (C=O) groups excluding carboxylic acids is 3. The number of imide groups is 1. The Morgan fingerprint density at radius 2 is 1.97 bits per heavy atom. The van der Waals surface area contributed by atoms with Gasteiger partial charge >= 0.3 is 5.97 Å². The van der Waals surface area contributed by atoms with E-state index in [0.29, 0.717) is 11.0 Å². The molecule has 4 rings (SSSR count). The Labute approximate surface area is 181 Å². The Hall–Kier alpha value is -4.71. The summed E-state index contributed by atoms with van der Waals surface area (Å²) in [5.41, 5.74) is 1.44. The van der Waals surface area contributed by atoms with Gasteiger partial charge in [-0.25, -0.2) is 9.78 Å². The third kappa shape index (κ3) is 3.50. The number of amides is 2. The molecule has 0 radical (unpaired) electrons. The van der Waals surface area contributed by atoms with Crippen LogP contribution in [0.2, 0.25) is 0 Å². The van der Waals surface area contributed by atoms with Crippen LogP contribution in [-0.2, 0) is 4.74 Å². The lowest BCUT2D eigenvalue weighted by Crippen LogP contribution is -2.29. The number of hydrogen-bond acceptors (Lipinski definition) is 7. The molecule has 0 aliphatic carbocycles. The molecule has 2 heterocycles. The number of benzene rings is 2. The number of imidazole rings is 1. The molecule has 32 heavy (non-hydrogen) atoms. The molecule has 158 valence electrons. The van der Waals surface area contributed by atoms with Crippen molar-refractivity contribution in [3.05, 3.63) is 83.4 Å². The van der Waals surface area contributed by atoms with Crippen molar-refractivity contribution in [3.8, 4) is 6.07 Å². The van der Waals surface area contributed by atoms with Gasteiger partial charge in [0.25, 0.3) is 11.8 Å². The van der Waals surface area contributed by atoms with Crippen LogP contribution in [-0.4, -0.2) is 50.9 Å². The molecule has 9 heteroatoms. The highest BCUT2D eigenvalue weighted by Crippen LogP contribution is 2.24. The first-order chi connectivity index (χ1) is 15.4. The van der Waals surface area contributed by atoms with E-state index in [2.05, 4.69) is 16.5 Å². The molecular weight excluding hydrogens is 412 g/mol. The Kier molecular flexibility index (Phi) is 5.27. The van der Waals surface area contributed by atoms with Crippen LogP contribution in [0.4, 0.5) is 0 Å². The zero-order valence-electron chi connectivity index (χ0n) is 16.7. The molecule has 2 amide bonds. The molecule has 1 aliphatic heterocycles. The number of allylic oxidation sites excluding steroid dienone is 1. The molecule has 0 saturated carbocycles. The molecule has 0 atom stereocenters. The van der Waals surface area contributed by atoms with Gasteiger partial charge in [-0.2, -0.15) is 5.26 Å². The van der Waals surface area contributed by atoms with Gasteiger partial charge in [-0.05, 0) is 30.3 Å². The normalized spacial score (nSPS) is 13.5. The van der Waals surface area contributed by atoms with E-state index in [0.717, 1.165) is 4.90 Å². The largest absolute Gasteiger partial charge is 0.507 e. The van der Waals surface area contributed by atoms with Gasteiger partial charge in [0.1, 0.15) is 18.2 Å². The van der Waals surface area contributed by atoms with E-state index < -0.39 is 30.1 Å². The molecule has 1 aliphatic rings. The van der Waals surface area contributed by atoms with Gasteiger partial charge in [0.15, 0.2) is 11.6 Å². The fraction of sp³-hybridized carbons (Fsp3) is 0.0870. The topological polar surface area (TPSA) is 136 Å². The molecule has 0 bridgehead atoms. The summed E-state index contributed by atoms with van der Waals surface area (Å²) >= 11 is 0. The molecule has 0 saturated heterocycles. The lowest BCUT2D eigenvalue weighted by Gasteiger charge is -2.09. The van der Waals surface area contributed by atoms with Crippen molar-refractivity contribution in [1.29, 1.82) is 5.26 Å². The van der Waals surface area contributed by atoms with E-state index in [4.69, 9.17) is 4.74 Å². The first-order valence-electron chi connectivity index (χ1n) is 9.50. The molecular formula is C23H16N4O5. The minimum atomic E-state index is -0.830. The predicted octanol–water partition coefficient (Wildman–Crippen LogP) is 2.99. The SMILES string of the molecule is C=CCN1C(=O)c2ccc(C(=O)OC/C(O)=C(\C#N)c3nc4ccccc4[nH]3)cc2C1=O. The average Bonchev–Trinajstić information content (AvgIpc) is 3.32. The van der Waals surface area contributed by atoms with Gasteiger partial charge < -0.3 is 14.8 Å². The van der Waals surface area contributed by atoms with Gasteiger partial charge in [-0.1, -0.05) is 18.2 Å². The lowest BCUT2D eigenvalue weighted by molar-refractivity contribution is 0.0502. The van der Waals surface area contributed by atoms with E-state index in [-0.39, 0.29) is 34.6 Å². The van der Waals surface area contributed by atoms with Crippen molar-refractivity contribution in [1.82, 2.24) is 14.9 Å². The van der Waals surface area contributed by atoms with Crippen LogP contribution in [0.15, 0.2) is 60.9 Å². The number of nitrogens with zero attached hydrogens (tertiary/aromatic N) is 3. The summed E-state index contributed by atoms with van der Waals surface area (Å²) in [5.74, 6) is -2.16. The molecule has 0 spiro atoms. The number of ether oxygens (including phenoxy) is 1. The first kappa shape index (κ1) is 20.6. The fourth-order valence-electron chi connectivity index (χ4n) is 3.33. The number of aliphatic hydroxyl groups excluding tert-OH is 1. The maximum absolute atomic E-state index is 12.4. The van der Waals surface area contributed by atoms with Crippen LogP contribution in [0, 0.1) is 11.3 Å². The molecule has 2 N–H and O–H groups in total. The minimum Gasteiger partial charge on any atom is -0.507 e. The number of hydrogen-bond donors (Lipinski definition) is 2. The second-order valence-corrected chi connectivity index (χ2v) is 6.88. The van der Waals surface area contributed by atoms with Crippen LogP contribution in [0.5, 0.6) is 0 Å². The standard InChI is InChI=1S/C23H16N4O5/c1-2-9-27-21(29)14-8-7-13(10-15(14)22(27)30)23(31)32-12-19(28)16(11-24)20-25-17-5-3-4-6-18(17)26-20/h2-8,10,28H,1,9,12H2,(H,25,26)/b19-16-. The van der Waals surface area contributed by atoms with Gasteiger partial charge in [-0.15, -0.1) is 6.58 Å². The van der Waals surface area contributed by atoms with Crippen molar-refractivity contribution in [2.75, 3.05) is 13.2 Å². The summed E-state index contributed by atoms with van der Waals surface area (Å²) in [4.78, 5) is 45.3. The number of esters is 1. The summed E-state index contributed by atoms with van der Waals surface area (Å²) in [6.45, 7) is 3.00. The number of nitriles is 1. The average molecular weight is 428 g/mol. The fourth-order valence-corrected chi connectivity index (χ4v) is 3.33. The summed E-state index contributed by atoms with van der Waals surface area (Å²) < 4.78 is 5.10. The maximum atomic E-state index is 12.4. The van der Waals surface area contributed by atoms with Crippen molar-refractivity contribution in [2.24, 2.45) is 0 Å². The summed E-state index contributed by atoms with van der Waals surface area (Å²) in [6, 6.07) is 13.0. The second-order valence-electron chi connectivity index (χ2n) is 6.88. The lowest BCUT2D eigenvalue weighted by atomic mass is 10.1. The van der Waals surface area contributed by atoms with Crippen LogP contribution in [0.1, 0.15) is 36.9 Å². The smallest absolute Gasteiger partial charge is 0.338 e. The first-order valence-corrected chi connectivity index (χ1v) is 9.50. The highest BCUT2D eigenvalue weighted by atomic mass is 16.5. The van der Waals surface area contributed by atoms with Crippen LogP contribution < -0.4 is 0 Å². The Morgan fingerprint density at radius 1 is 1.22 bits per heavy atom. The van der Waals surface area contributed by atoms with Crippen molar-refractivity contribution < 1.29 is 24.2 Å². The van der Waals surface area contributed by atoms with Crippen LogP contribution in [0.25, 0.3) is 16.6 Å². The van der Waals surface area contributed by atoms with E-state index in [1.54, 1.807) is 24.3 Å². The van der Waals surface area contributed by atoms with Crippen LogP contribution in [0.3, 0.4) is 0 Å². The van der Waals surface area contributed by atoms with Gasteiger partial charge in [0, 0.05) is 6.54 Å². The highest BCUT2D eigenvalue weighted by molar-refractivity contribution is 6.22. The van der Waals surface area contributed by atoms with Crippen molar-refractivity contribution in [3.63, 3.8) is 0 Å². The van der Waals surface area contributed by atoms with Gasteiger partial charge in [-0.3, -0.25) is 14.5 Å². The summed E-state index contributed by atoms with van der Waals surface area (Å²) in [5, 5.41) is 19.8. The number of aliphatic hydroxyl groups is 1. The number of fused-ring (bicyclic) bond motifs is 2. The predicted molar refractivity (Wildman–Crippen MR) is 114 cm³/mol. The zero-order chi connectivity index (χ0) is 22.8. The van der Waals surface area contributed by atoms with E-state index in [1.807, 2.05) is 6.07 Å². The number of H-pyrrole nitrogens is 1. The van der Waals surface area contributed by atoms with E-state index >= 15 is 0 Å². The molecule has 0 unspecified atom stereocenters. The number of aromatic amines is 1. The highest BCUT2D eigenvalue weighted by Gasteiger charge is 2.35. The summed E-state index contributed by atoms with van der Waals surface area (Å²) in [7, 11) is 0. The Bertz CT molecular complexity index is 1330. The number of carbonyl (C=O) groups is 3. The molecule has 0 fully saturated rings. The molecule has 1 aromatic heterocycles. The zero-order valence-corrected chi connectivity index (χ0v) is 16.7. The molecule has 3 aromatic rings. The minimum absolute atomic E-state index is 0.0281. The second kappa shape index (κ2) is 8.20. The number of aromatic nitrogens is 2. The Balaban J connectivity index is 1.52.